The minimum absolute atomic E-state index is 0. The molecule has 2 heterocycles. The molecule has 2 aliphatic heterocycles. The molecule has 2 aromatic carbocycles. The van der Waals surface area contributed by atoms with Gasteiger partial charge in [-0.15, -0.1) is 12.4 Å². The molecule has 2 aliphatic rings. The Morgan fingerprint density at radius 3 is 2.46 bits per heavy atom. The second-order valence-electron chi connectivity index (χ2n) is 6.95. The molecule has 2 aromatic rings. The Hall–Kier alpha value is -2.04. The van der Waals surface area contributed by atoms with Gasteiger partial charge in [-0.25, -0.2) is 0 Å². The normalized spacial score (nSPS) is 17.2. The Morgan fingerprint density at radius 1 is 0.923 bits per heavy atom. The van der Waals surface area contributed by atoms with Gasteiger partial charge in [-0.2, -0.15) is 0 Å². The zero-order valence-corrected chi connectivity index (χ0v) is 15.8. The number of anilines is 2. The summed E-state index contributed by atoms with van der Waals surface area (Å²) in [7, 11) is 0. The summed E-state index contributed by atoms with van der Waals surface area (Å²) in [6.45, 7) is 5.50. The first-order valence-corrected chi connectivity index (χ1v) is 9.22. The van der Waals surface area contributed by atoms with Crippen LogP contribution in [0.5, 0.6) is 0 Å². The number of aryl methyl sites for hydroxylation is 1. The highest BCUT2D eigenvalue weighted by molar-refractivity contribution is 5.94. The predicted octanol–water partition coefficient (Wildman–Crippen LogP) is 3.36. The highest BCUT2D eigenvalue weighted by Crippen LogP contribution is 2.28. The number of fused-ring (bicyclic) bond motifs is 1. The van der Waals surface area contributed by atoms with E-state index in [2.05, 4.69) is 63.6 Å². The molecule has 5 heteroatoms. The van der Waals surface area contributed by atoms with Crippen LogP contribution in [0.1, 0.15) is 17.5 Å². The molecule has 0 aromatic heterocycles. The average molecular weight is 372 g/mol. The van der Waals surface area contributed by atoms with Crippen LogP contribution in [-0.4, -0.2) is 43.5 Å². The van der Waals surface area contributed by atoms with E-state index in [1.54, 1.807) is 0 Å². The maximum absolute atomic E-state index is 11.5. The molecule has 0 unspecified atom stereocenters. The van der Waals surface area contributed by atoms with Crippen molar-refractivity contribution in [1.82, 2.24) is 4.90 Å². The van der Waals surface area contributed by atoms with Gasteiger partial charge < -0.3 is 10.2 Å². The van der Waals surface area contributed by atoms with Gasteiger partial charge in [0.2, 0.25) is 5.91 Å². The van der Waals surface area contributed by atoms with Crippen LogP contribution in [0.4, 0.5) is 11.4 Å². The van der Waals surface area contributed by atoms with Crippen LogP contribution in [0.2, 0.25) is 0 Å². The highest BCUT2D eigenvalue weighted by atomic mass is 35.5. The standard InChI is InChI=1S/C21H25N3O.ClH/c25-21-9-6-18-16-19(7-8-20(18)22-21)24-14-12-23(13-15-24)11-10-17-4-2-1-3-5-17;/h1-5,7-8,16H,6,9-15H2,(H,22,25);1H. The Balaban J connectivity index is 0.00000196. The Bertz CT molecular complexity index is 742. The number of benzene rings is 2. The monoisotopic (exact) mass is 371 g/mol. The van der Waals surface area contributed by atoms with Crippen molar-refractivity contribution in [2.45, 2.75) is 19.3 Å². The van der Waals surface area contributed by atoms with Gasteiger partial charge in [-0.1, -0.05) is 30.3 Å². The third-order valence-electron chi connectivity index (χ3n) is 5.28. The van der Waals surface area contributed by atoms with Gasteiger partial charge in [0.05, 0.1) is 0 Å². The lowest BCUT2D eigenvalue weighted by atomic mass is 10.0. The summed E-state index contributed by atoms with van der Waals surface area (Å²) in [5.41, 5.74) is 4.96. The molecule has 1 amide bonds. The Labute approximate surface area is 161 Å². The number of halogens is 1. The van der Waals surface area contributed by atoms with Gasteiger partial charge in [-0.3, -0.25) is 9.69 Å². The third-order valence-corrected chi connectivity index (χ3v) is 5.28. The van der Waals surface area contributed by atoms with Crippen molar-refractivity contribution in [2.75, 3.05) is 42.9 Å². The number of hydrogen-bond acceptors (Lipinski definition) is 3. The summed E-state index contributed by atoms with van der Waals surface area (Å²) in [4.78, 5) is 16.5. The fraction of sp³-hybridized carbons (Fsp3) is 0.381. The lowest BCUT2D eigenvalue weighted by Crippen LogP contribution is -2.47. The van der Waals surface area contributed by atoms with Crippen LogP contribution in [0.25, 0.3) is 0 Å². The molecule has 1 saturated heterocycles. The summed E-state index contributed by atoms with van der Waals surface area (Å²) in [6, 6.07) is 17.2. The van der Waals surface area contributed by atoms with Gasteiger partial charge >= 0.3 is 0 Å². The number of amides is 1. The van der Waals surface area contributed by atoms with Gasteiger partial charge in [0.25, 0.3) is 0 Å². The molecule has 1 N–H and O–H groups in total. The first-order chi connectivity index (χ1) is 12.3. The molecule has 0 radical (unpaired) electrons. The lowest BCUT2D eigenvalue weighted by Gasteiger charge is -2.36. The average Bonchev–Trinajstić information content (AvgIpc) is 2.67. The fourth-order valence-corrected chi connectivity index (χ4v) is 3.73. The van der Waals surface area contributed by atoms with Crippen molar-refractivity contribution in [2.24, 2.45) is 0 Å². The van der Waals surface area contributed by atoms with Crippen LogP contribution in [-0.2, 0) is 17.6 Å². The predicted molar refractivity (Wildman–Crippen MR) is 109 cm³/mol. The molecule has 26 heavy (non-hydrogen) atoms. The van der Waals surface area contributed by atoms with Crippen LogP contribution in [0.3, 0.4) is 0 Å². The molecule has 0 bridgehead atoms. The van der Waals surface area contributed by atoms with E-state index < -0.39 is 0 Å². The van der Waals surface area contributed by atoms with Crippen molar-refractivity contribution in [3.8, 4) is 0 Å². The SMILES string of the molecule is Cl.O=C1CCc2cc(N3CCN(CCc4ccccc4)CC3)ccc2N1. The van der Waals surface area contributed by atoms with Crippen molar-refractivity contribution in [3.05, 3.63) is 59.7 Å². The van der Waals surface area contributed by atoms with Crippen molar-refractivity contribution in [1.29, 1.82) is 0 Å². The fourth-order valence-electron chi connectivity index (χ4n) is 3.73. The quantitative estimate of drug-likeness (QED) is 0.895. The van der Waals surface area contributed by atoms with E-state index in [-0.39, 0.29) is 18.3 Å². The molecule has 1 fully saturated rings. The molecule has 0 spiro atoms. The first-order valence-electron chi connectivity index (χ1n) is 9.22. The molecule has 138 valence electrons. The summed E-state index contributed by atoms with van der Waals surface area (Å²) in [5.74, 6) is 0.132. The van der Waals surface area contributed by atoms with Gasteiger partial charge in [0.15, 0.2) is 0 Å². The summed E-state index contributed by atoms with van der Waals surface area (Å²) >= 11 is 0. The second-order valence-corrected chi connectivity index (χ2v) is 6.95. The van der Waals surface area contributed by atoms with E-state index in [9.17, 15) is 4.79 Å². The van der Waals surface area contributed by atoms with E-state index >= 15 is 0 Å². The van der Waals surface area contributed by atoms with E-state index in [0.29, 0.717) is 6.42 Å². The van der Waals surface area contributed by atoms with Gasteiger partial charge in [-0.05, 0) is 42.2 Å². The Morgan fingerprint density at radius 2 is 1.69 bits per heavy atom. The second kappa shape index (κ2) is 8.56. The summed E-state index contributed by atoms with van der Waals surface area (Å²) in [6.07, 6.45) is 2.58. The highest BCUT2D eigenvalue weighted by Gasteiger charge is 2.20. The topological polar surface area (TPSA) is 35.6 Å². The number of rotatable bonds is 4. The summed E-state index contributed by atoms with van der Waals surface area (Å²) in [5, 5.41) is 2.96. The largest absolute Gasteiger partial charge is 0.369 e. The minimum Gasteiger partial charge on any atom is -0.369 e. The van der Waals surface area contributed by atoms with E-state index in [4.69, 9.17) is 0 Å². The molecule has 4 rings (SSSR count). The maximum Gasteiger partial charge on any atom is 0.224 e. The number of nitrogens with zero attached hydrogens (tertiary/aromatic N) is 2. The van der Waals surface area contributed by atoms with Crippen LogP contribution in [0.15, 0.2) is 48.5 Å². The van der Waals surface area contributed by atoms with Gasteiger partial charge in [0.1, 0.15) is 0 Å². The van der Waals surface area contributed by atoms with E-state index in [0.717, 1.165) is 51.3 Å². The number of nitrogens with one attached hydrogen (secondary N) is 1. The molecule has 0 atom stereocenters. The van der Waals surface area contributed by atoms with Crippen LogP contribution < -0.4 is 10.2 Å². The maximum atomic E-state index is 11.5. The van der Waals surface area contributed by atoms with E-state index in [1.165, 1.54) is 16.8 Å². The smallest absolute Gasteiger partial charge is 0.224 e. The zero-order chi connectivity index (χ0) is 17.1. The number of carbonyl (C=O) groups is 1. The Kier molecular flexibility index (Phi) is 6.17. The number of piperazine rings is 1. The first kappa shape index (κ1) is 18.7. The third kappa shape index (κ3) is 4.37. The molecular formula is C21H26ClN3O. The van der Waals surface area contributed by atoms with Crippen LogP contribution >= 0.6 is 12.4 Å². The van der Waals surface area contributed by atoms with E-state index in [1.807, 2.05) is 0 Å². The lowest BCUT2D eigenvalue weighted by molar-refractivity contribution is -0.116. The number of hydrogen-bond donors (Lipinski definition) is 1. The van der Waals surface area contributed by atoms with Crippen molar-refractivity contribution >= 4 is 29.7 Å². The minimum atomic E-state index is 0. The van der Waals surface area contributed by atoms with Crippen LogP contribution in [0, 0.1) is 0 Å². The van der Waals surface area contributed by atoms with Crippen molar-refractivity contribution in [3.63, 3.8) is 0 Å². The van der Waals surface area contributed by atoms with Gasteiger partial charge in [0, 0.05) is 50.5 Å². The number of carbonyl (C=O) groups excluding carboxylic acids is 1. The van der Waals surface area contributed by atoms with Crippen molar-refractivity contribution < 1.29 is 4.79 Å². The zero-order valence-electron chi connectivity index (χ0n) is 15.0. The molecule has 0 saturated carbocycles. The molecule has 0 aliphatic carbocycles. The molecular weight excluding hydrogens is 346 g/mol. The summed E-state index contributed by atoms with van der Waals surface area (Å²) < 4.78 is 0. The molecule has 4 nitrogen and oxygen atoms in total.